The summed E-state index contributed by atoms with van der Waals surface area (Å²) in [5.74, 6) is 1.36. The van der Waals surface area contributed by atoms with Crippen LogP contribution in [-0.2, 0) is 11.2 Å². The first-order chi connectivity index (χ1) is 9.19. The van der Waals surface area contributed by atoms with Crippen LogP contribution >= 0.6 is 0 Å². The zero-order chi connectivity index (χ0) is 13.7. The number of hydrogen-bond donors (Lipinski definition) is 2. The van der Waals surface area contributed by atoms with Crippen LogP contribution in [0, 0.1) is 0 Å². The lowest BCUT2D eigenvalue weighted by atomic mass is 10.1. The number of rotatable bonds is 5. The van der Waals surface area contributed by atoms with E-state index in [0.29, 0.717) is 12.2 Å². The third-order valence-electron chi connectivity index (χ3n) is 2.75. The topological polar surface area (TPSA) is 79.9 Å². The molecule has 1 aromatic heterocycles. The van der Waals surface area contributed by atoms with E-state index in [-0.39, 0.29) is 11.9 Å². The van der Waals surface area contributed by atoms with E-state index in [1.807, 2.05) is 31.2 Å². The van der Waals surface area contributed by atoms with Crippen LogP contribution in [0.3, 0.4) is 0 Å². The number of aromatic amines is 1. The van der Waals surface area contributed by atoms with Crippen LogP contribution in [0.15, 0.2) is 30.6 Å². The number of H-pyrrole nitrogens is 1. The van der Waals surface area contributed by atoms with E-state index < -0.39 is 0 Å². The van der Waals surface area contributed by atoms with Gasteiger partial charge in [-0.1, -0.05) is 12.1 Å². The molecule has 0 spiro atoms. The second kappa shape index (κ2) is 5.99. The van der Waals surface area contributed by atoms with Crippen molar-refractivity contribution in [1.82, 2.24) is 20.5 Å². The van der Waals surface area contributed by atoms with Crippen molar-refractivity contribution < 1.29 is 9.53 Å². The van der Waals surface area contributed by atoms with Crippen molar-refractivity contribution in [3.8, 4) is 5.75 Å². The van der Waals surface area contributed by atoms with E-state index in [4.69, 9.17) is 4.74 Å². The van der Waals surface area contributed by atoms with Crippen molar-refractivity contribution in [3.05, 3.63) is 42.0 Å². The van der Waals surface area contributed by atoms with Crippen molar-refractivity contribution in [2.24, 2.45) is 0 Å². The number of hydrogen-bond acceptors (Lipinski definition) is 4. The molecule has 1 unspecified atom stereocenters. The van der Waals surface area contributed by atoms with Crippen molar-refractivity contribution >= 4 is 5.91 Å². The zero-order valence-corrected chi connectivity index (χ0v) is 10.9. The molecule has 19 heavy (non-hydrogen) atoms. The molecule has 0 aliphatic heterocycles. The Bertz CT molecular complexity index is 522. The molecular weight excluding hydrogens is 244 g/mol. The summed E-state index contributed by atoms with van der Waals surface area (Å²) in [7, 11) is 1.61. The maximum Gasteiger partial charge on any atom is 0.224 e. The van der Waals surface area contributed by atoms with Gasteiger partial charge in [-0.3, -0.25) is 9.89 Å². The zero-order valence-electron chi connectivity index (χ0n) is 10.9. The molecule has 0 radical (unpaired) electrons. The van der Waals surface area contributed by atoms with Crippen molar-refractivity contribution in [1.29, 1.82) is 0 Å². The molecule has 0 aliphatic carbocycles. The van der Waals surface area contributed by atoms with Crippen molar-refractivity contribution in [3.63, 3.8) is 0 Å². The lowest BCUT2D eigenvalue weighted by Gasteiger charge is -2.11. The van der Waals surface area contributed by atoms with Gasteiger partial charge in [0.1, 0.15) is 17.9 Å². The minimum Gasteiger partial charge on any atom is -0.497 e. The average molecular weight is 260 g/mol. The van der Waals surface area contributed by atoms with E-state index in [2.05, 4.69) is 20.5 Å². The molecule has 1 heterocycles. The first-order valence-corrected chi connectivity index (χ1v) is 5.96. The van der Waals surface area contributed by atoms with Gasteiger partial charge < -0.3 is 10.1 Å². The van der Waals surface area contributed by atoms with Crippen LogP contribution in [0.25, 0.3) is 0 Å². The van der Waals surface area contributed by atoms with E-state index in [0.717, 1.165) is 11.3 Å². The molecule has 1 atom stereocenters. The molecule has 2 aromatic rings. The summed E-state index contributed by atoms with van der Waals surface area (Å²) in [6.45, 7) is 1.85. The van der Waals surface area contributed by atoms with E-state index in [1.165, 1.54) is 6.33 Å². The Labute approximate surface area is 111 Å². The highest BCUT2D eigenvalue weighted by molar-refractivity contribution is 5.78. The SMILES string of the molecule is COc1ccc(CC(=O)NC(C)c2ncn[nH]2)cc1. The number of benzene rings is 1. The van der Waals surface area contributed by atoms with Crippen LogP contribution in [0.1, 0.15) is 24.4 Å². The van der Waals surface area contributed by atoms with Crippen LogP contribution < -0.4 is 10.1 Å². The maximum atomic E-state index is 11.9. The van der Waals surface area contributed by atoms with Crippen LogP contribution in [-0.4, -0.2) is 28.2 Å². The van der Waals surface area contributed by atoms with E-state index >= 15 is 0 Å². The van der Waals surface area contributed by atoms with Gasteiger partial charge in [0, 0.05) is 0 Å². The summed E-state index contributed by atoms with van der Waals surface area (Å²) < 4.78 is 5.07. The van der Waals surface area contributed by atoms with E-state index in [1.54, 1.807) is 7.11 Å². The molecule has 0 saturated carbocycles. The Morgan fingerprint density at radius 3 is 2.74 bits per heavy atom. The monoisotopic (exact) mass is 260 g/mol. The Balaban J connectivity index is 1.90. The minimum atomic E-state index is -0.187. The minimum absolute atomic E-state index is 0.0610. The van der Waals surface area contributed by atoms with Gasteiger partial charge in [-0.2, -0.15) is 5.10 Å². The molecule has 6 heteroatoms. The Kier molecular flexibility index (Phi) is 4.12. The third-order valence-corrected chi connectivity index (χ3v) is 2.75. The average Bonchev–Trinajstić information content (AvgIpc) is 2.93. The van der Waals surface area contributed by atoms with Crippen LogP contribution in [0.2, 0.25) is 0 Å². The van der Waals surface area contributed by atoms with Crippen molar-refractivity contribution in [2.75, 3.05) is 7.11 Å². The van der Waals surface area contributed by atoms with Gasteiger partial charge in [0.25, 0.3) is 0 Å². The summed E-state index contributed by atoms with van der Waals surface area (Å²) in [5.41, 5.74) is 0.933. The largest absolute Gasteiger partial charge is 0.497 e. The molecule has 2 rings (SSSR count). The van der Waals surface area contributed by atoms with Crippen LogP contribution in [0.5, 0.6) is 5.75 Å². The Morgan fingerprint density at radius 2 is 2.16 bits per heavy atom. The predicted molar refractivity (Wildman–Crippen MR) is 69.6 cm³/mol. The molecule has 1 amide bonds. The maximum absolute atomic E-state index is 11.9. The molecule has 1 aromatic carbocycles. The van der Waals surface area contributed by atoms with Gasteiger partial charge in [0.2, 0.25) is 5.91 Å². The molecule has 6 nitrogen and oxygen atoms in total. The standard InChI is InChI=1S/C13H16N4O2/c1-9(13-14-8-15-17-13)16-12(18)7-10-3-5-11(19-2)6-4-10/h3-6,8-9H,7H2,1-2H3,(H,16,18)(H,14,15,17). The fourth-order valence-electron chi connectivity index (χ4n) is 1.71. The molecule has 0 aliphatic rings. The molecule has 0 fully saturated rings. The number of nitrogens with zero attached hydrogens (tertiary/aromatic N) is 2. The van der Waals surface area contributed by atoms with Crippen LogP contribution in [0.4, 0.5) is 0 Å². The molecule has 2 N–H and O–H groups in total. The molecule has 100 valence electrons. The smallest absolute Gasteiger partial charge is 0.224 e. The molecular formula is C13H16N4O2. The van der Waals surface area contributed by atoms with Gasteiger partial charge >= 0.3 is 0 Å². The third kappa shape index (κ3) is 3.54. The Hall–Kier alpha value is -2.37. The summed E-state index contributed by atoms with van der Waals surface area (Å²) in [6.07, 6.45) is 1.74. The fourth-order valence-corrected chi connectivity index (χ4v) is 1.71. The number of carbonyl (C=O) groups excluding carboxylic acids is 1. The van der Waals surface area contributed by atoms with Gasteiger partial charge in [-0.05, 0) is 24.6 Å². The number of carbonyl (C=O) groups is 1. The highest BCUT2D eigenvalue weighted by Gasteiger charge is 2.12. The number of aromatic nitrogens is 3. The number of ether oxygens (including phenoxy) is 1. The van der Waals surface area contributed by atoms with Gasteiger partial charge in [0.15, 0.2) is 0 Å². The predicted octanol–water partition coefficient (Wildman–Crippen LogP) is 1.23. The lowest BCUT2D eigenvalue weighted by molar-refractivity contribution is -0.121. The highest BCUT2D eigenvalue weighted by Crippen LogP contribution is 2.12. The summed E-state index contributed by atoms with van der Waals surface area (Å²) in [6, 6.07) is 7.23. The fraction of sp³-hybridized carbons (Fsp3) is 0.308. The summed E-state index contributed by atoms with van der Waals surface area (Å²) >= 11 is 0. The van der Waals surface area contributed by atoms with E-state index in [9.17, 15) is 4.79 Å². The first-order valence-electron chi connectivity index (χ1n) is 5.96. The highest BCUT2D eigenvalue weighted by atomic mass is 16.5. The quantitative estimate of drug-likeness (QED) is 0.847. The normalized spacial score (nSPS) is 11.9. The number of nitrogens with one attached hydrogen (secondary N) is 2. The second-order valence-electron chi connectivity index (χ2n) is 4.18. The first kappa shape index (κ1) is 13.1. The van der Waals surface area contributed by atoms with Gasteiger partial charge in [0.05, 0.1) is 19.6 Å². The lowest BCUT2D eigenvalue weighted by Crippen LogP contribution is -2.28. The second-order valence-corrected chi connectivity index (χ2v) is 4.18. The Morgan fingerprint density at radius 1 is 1.42 bits per heavy atom. The molecule has 0 bridgehead atoms. The van der Waals surface area contributed by atoms with Gasteiger partial charge in [-0.15, -0.1) is 0 Å². The van der Waals surface area contributed by atoms with Gasteiger partial charge in [-0.25, -0.2) is 4.98 Å². The summed E-state index contributed by atoms with van der Waals surface area (Å²) in [4.78, 5) is 15.9. The molecule has 0 saturated heterocycles. The number of methoxy groups -OCH3 is 1. The van der Waals surface area contributed by atoms with Crippen molar-refractivity contribution in [2.45, 2.75) is 19.4 Å². The summed E-state index contributed by atoms with van der Waals surface area (Å²) in [5, 5.41) is 9.34. The number of amides is 1.